The molecule has 2 N–H and O–H groups in total. The van der Waals surface area contributed by atoms with Crippen molar-refractivity contribution in [3.8, 4) is 0 Å². The first-order valence-corrected chi connectivity index (χ1v) is 6.84. The Bertz CT molecular complexity index is 159. The summed E-state index contributed by atoms with van der Waals surface area (Å²) in [6.07, 6.45) is 4.52. The first kappa shape index (κ1) is 14.0. The van der Waals surface area contributed by atoms with E-state index in [-0.39, 0.29) is 0 Å². The summed E-state index contributed by atoms with van der Waals surface area (Å²) in [5, 5.41) is 7.15. The molecule has 84 valence electrons. The van der Waals surface area contributed by atoms with Crippen LogP contribution in [0.5, 0.6) is 0 Å². The van der Waals surface area contributed by atoms with E-state index in [1.54, 1.807) is 0 Å². The summed E-state index contributed by atoms with van der Waals surface area (Å²) in [7, 11) is 0. The van der Waals surface area contributed by atoms with Crippen LogP contribution in [-0.2, 0) is 0 Å². The summed E-state index contributed by atoms with van der Waals surface area (Å²) >= 11 is 7.06. The standard InChI is InChI=1S/C10H22N2S2/c1-5-10(6-2,14-4)8-12-9(13)11-7-3/h5-8H2,1-4H3,(H2,11,12,13). The van der Waals surface area contributed by atoms with E-state index in [2.05, 4.69) is 37.7 Å². The van der Waals surface area contributed by atoms with E-state index >= 15 is 0 Å². The third-order valence-electron chi connectivity index (χ3n) is 2.63. The number of thioether (sulfide) groups is 1. The highest BCUT2D eigenvalue weighted by Gasteiger charge is 2.24. The van der Waals surface area contributed by atoms with Crippen LogP contribution in [0, 0.1) is 0 Å². The lowest BCUT2D eigenvalue weighted by molar-refractivity contribution is 0.535. The molecule has 0 saturated carbocycles. The minimum Gasteiger partial charge on any atom is -0.363 e. The molecule has 0 unspecified atom stereocenters. The fraction of sp³-hybridized carbons (Fsp3) is 0.900. The van der Waals surface area contributed by atoms with E-state index in [1.807, 2.05) is 11.8 Å². The maximum Gasteiger partial charge on any atom is 0.166 e. The summed E-state index contributed by atoms with van der Waals surface area (Å²) in [6, 6.07) is 0. The van der Waals surface area contributed by atoms with Gasteiger partial charge in [0.05, 0.1) is 0 Å². The van der Waals surface area contributed by atoms with Crippen LogP contribution < -0.4 is 10.6 Å². The molecule has 0 aliphatic rings. The minimum atomic E-state index is 0.333. The van der Waals surface area contributed by atoms with Crippen molar-refractivity contribution >= 4 is 29.1 Å². The molecule has 0 aliphatic heterocycles. The molecule has 0 radical (unpaired) electrons. The van der Waals surface area contributed by atoms with Gasteiger partial charge in [0.15, 0.2) is 5.11 Å². The molecular weight excluding hydrogens is 212 g/mol. The lowest BCUT2D eigenvalue weighted by Crippen LogP contribution is -2.43. The van der Waals surface area contributed by atoms with E-state index in [4.69, 9.17) is 12.2 Å². The highest BCUT2D eigenvalue weighted by Crippen LogP contribution is 2.29. The second kappa shape index (κ2) is 7.35. The lowest BCUT2D eigenvalue weighted by atomic mass is 10.0. The smallest absolute Gasteiger partial charge is 0.166 e. The Hall–Kier alpha value is 0.0400. The molecule has 0 spiro atoms. The minimum absolute atomic E-state index is 0.333. The van der Waals surface area contributed by atoms with Gasteiger partial charge in [-0.15, -0.1) is 0 Å². The predicted octanol–water partition coefficient (Wildman–Crippen LogP) is 2.39. The van der Waals surface area contributed by atoms with Crippen LogP contribution in [0.25, 0.3) is 0 Å². The number of thiocarbonyl (C=S) groups is 1. The molecule has 2 nitrogen and oxygen atoms in total. The van der Waals surface area contributed by atoms with Gasteiger partial charge in [0.25, 0.3) is 0 Å². The molecular formula is C10H22N2S2. The largest absolute Gasteiger partial charge is 0.363 e. The van der Waals surface area contributed by atoms with Crippen molar-refractivity contribution in [3.63, 3.8) is 0 Å². The average molecular weight is 234 g/mol. The van der Waals surface area contributed by atoms with Crippen molar-refractivity contribution in [1.82, 2.24) is 10.6 Å². The van der Waals surface area contributed by atoms with E-state index < -0.39 is 0 Å². The Balaban J connectivity index is 3.99. The van der Waals surface area contributed by atoms with Gasteiger partial charge in [-0.3, -0.25) is 0 Å². The van der Waals surface area contributed by atoms with Crippen LogP contribution in [0.1, 0.15) is 33.6 Å². The molecule has 0 atom stereocenters. The maximum atomic E-state index is 5.13. The van der Waals surface area contributed by atoms with Crippen molar-refractivity contribution in [3.05, 3.63) is 0 Å². The molecule has 14 heavy (non-hydrogen) atoms. The van der Waals surface area contributed by atoms with Crippen LogP contribution in [-0.4, -0.2) is 29.2 Å². The zero-order chi connectivity index (χ0) is 11.0. The molecule has 0 amide bonds. The molecule has 0 aliphatic carbocycles. The fourth-order valence-corrected chi connectivity index (χ4v) is 2.34. The maximum absolute atomic E-state index is 5.13. The van der Waals surface area contributed by atoms with Crippen LogP contribution in [0.15, 0.2) is 0 Å². The van der Waals surface area contributed by atoms with Crippen LogP contribution in [0.2, 0.25) is 0 Å². The Morgan fingerprint density at radius 1 is 1.21 bits per heavy atom. The van der Waals surface area contributed by atoms with Gasteiger partial charge in [-0.1, -0.05) is 13.8 Å². The monoisotopic (exact) mass is 234 g/mol. The highest BCUT2D eigenvalue weighted by molar-refractivity contribution is 8.00. The van der Waals surface area contributed by atoms with Gasteiger partial charge >= 0.3 is 0 Å². The molecule has 0 aromatic heterocycles. The zero-order valence-electron chi connectivity index (χ0n) is 9.64. The summed E-state index contributed by atoms with van der Waals surface area (Å²) in [4.78, 5) is 0. The average Bonchev–Trinajstić information content (AvgIpc) is 2.21. The Morgan fingerprint density at radius 3 is 2.14 bits per heavy atom. The van der Waals surface area contributed by atoms with Gasteiger partial charge in [-0.05, 0) is 38.2 Å². The number of hydrogen-bond donors (Lipinski definition) is 2. The van der Waals surface area contributed by atoms with Gasteiger partial charge in [0.2, 0.25) is 0 Å². The van der Waals surface area contributed by atoms with Crippen molar-refractivity contribution < 1.29 is 0 Å². The number of hydrogen-bond acceptors (Lipinski definition) is 2. The van der Waals surface area contributed by atoms with Gasteiger partial charge in [0.1, 0.15) is 0 Å². The third-order valence-corrected chi connectivity index (χ3v) is 4.51. The number of nitrogens with one attached hydrogen (secondary N) is 2. The molecule has 0 bridgehead atoms. The molecule has 0 saturated heterocycles. The highest BCUT2D eigenvalue weighted by atomic mass is 32.2. The van der Waals surface area contributed by atoms with E-state index in [0.717, 1.165) is 18.2 Å². The normalized spacial score (nSPS) is 11.1. The quantitative estimate of drug-likeness (QED) is 0.689. The summed E-state index contributed by atoms with van der Waals surface area (Å²) in [6.45, 7) is 8.36. The van der Waals surface area contributed by atoms with Crippen molar-refractivity contribution in [2.45, 2.75) is 38.4 Å². The molecule has 0 heterocycles. The Labute approximate surface area is 97.6 Å². The first-order chi connectivity index (χ1) is 6.64. The van der Waals surface area contributed by atoms with E-state index in [1.165, 1.54) is 12.8 Å². The third kappa shape index (κ3) is 4.51. The van der Waals surface area contributed by atoms with Crippen molar-refractivity contribution in [1.29, 1.82) is 0 Å². The molecule has 0 aromatic carbocycles. The van der Waals surface area contributed by atoms with Crippen molar-refractivity contribution in [2.75, 3.05) is 19.3 Å². The van der Waals surface area contributed by atoms with Gasteiger partial charge in [-0.25, -0.2) is 0 Å². The summed E-state index contributed by atoms with van der Waals surface area (Å²) in [5.74, 6) is 0. The zero-order valence-corrected chi connectivity index (χ0v) is 11.3. The van der Waals surface area contributed by atoms with Crippen molar-refractivity contribution in [2.24, 2.45) is 0 Å². The first-order valence-electron chi connectivity index (χ1n) is 5.21. The van der Waals surface area contributed by atoms with E-state index in [0.29, 0.717) is 4.75 Å². The SMILES string of the molecule is CCNC(=S)NCC(CC)(CC)SC. The van der Waals surface area contributed by atoms with Gasteiger partial charge in [0, 0.05) is 17.8 Å². The molecule has 4 heteroatoms. The predicted molar refractivity (Wildman–Crippen MR) is 71.1 cm³/mol. The fourth-order valence-electron chi connectivity index (χ4n) is 1.33. The molecule has 0 rings (SSSR count). The molecule has 0 fully saturated rings. The second-order valence-corrected chi connectivity index (χ2v) is 4.99. The van der Waals surface area contributed by atoms with Gasteiger partial charge in [-0.2, -0.15) is 11.8 Å². The van der Waals surface area contributed by atoms with E-state index in [9.17, 15) is 0 Å². The van der Waals surface area contributed by atoms with Crippen LogP contribution in [0.4, 0.5) is 0 Å². The Kier molecular flexibility index (Phi) is 7.37. The topological polar surface area (TPSA) is 24.1 Å². The van der Waals surface area contributed by atoms with Crippen LogP contribution >= 0.6 is 24.0 Å². The molecule has 0 aromatic rings. The summed E-state index contributed by atoms with van der Waals surface area (Å²) in [5.41, 5.74) is 0. The second-order valence-electron chi connectivity index (χ2n) is 3.31. The number of rotatable bonds is 6. The lowest BCUT2D eigenvalue weighted by Gasteiger charge is -2.30. The van der Waals surface area contributed by atoms with Gasteiger partial charge < -0.3 is 10.6 Å². The summed E-state index contributed by atoms with van der Waals surface area (Å²) < 4.78 is 0.333. The Morgan fingerprint density at radius 2 is 1.79 bits per heavy atom. The van der Waals surface area contributed by atoms with Crippen LogP contribution in [0.3, 0.4) is 0 Å².